The van der Waals surface area contributed by atoms with Gasteiger partial charge in [0.2, 0.25) is 0 Å². The van der Waals surface area contributed by atoms with Crippen LogP contribution in [-0.2, 0) is 4.74 Å². The van der Waals surface area contributed by atoms with E-state index in [1.54, 1.807) is 0 Å². The van der Waals surface area contributed by atoms with Crippen LogP contribution in [0.25, 0.3) is 0 Å². The number of hydrogen-bond donors (Lipinski definition) is 0. The molecule has 0 aliphatic heterocycles. The molecule has 1 heteroatoms. The summed E-state index contributed by atoms with van der Waals surface area (Å²) in [5.41, 5.74) is 0. The van der Waals surface area contributed by atoms with E-state index in [9.17, 15) is 0 Å². The highest BCUT2D eigenvalue weighted by Crippen LogP contribution is 2.16. The molecule has 1 atom stereocenters. The van der Waals surface area contributed by atoms with Gasteiger partial charge in [0.15, 0.2) is 0 Å². The zero-order valence-electron chi connectivity index (χ0n) is 15.3. The van der Waals surface area contributed by atoms with Crippen LogP contribution in [0.5, 0.6) is 0 Å². The van der Waals surface area contributed by atoms with Crippen molar-refractivity contribution >= 4 is 0 Å². The Morgan fingerprint density at radius 2 is 0.905 bits per heavy atom. The summed E-state index contributed by atoms with van der Waals surface area (Å²) in [6.07, 6.45) is 21.3. The second-order valence-electron chi connectivity index (χ2n) is 6.54. The Bertz CT molecular complexity index is 179. The standard InChI is InChI=1S/C20H42O/c1-4-7-9-11-12-13-15-17-19-20(21-6-3)18-16-14-10-8-5-2/h20H,4-19H2,1-3H3. The number of unbranched alkanes of at least 4 members (excludes halogenated alkanes) is 11. The van der Waals surface area contributed by atoms with E-state index in [-0.39, 0.29) is 0 Å². The van der Waals surface area contributed by atoms with Gasteiger partial charge in [-0.2, -0.15) is 0 Å². The maximum Gasteiger partial charge on any atom is 0.0575 e. The third kappa shape index (κ3) is 16.2. The minimum Gasteiger partial charge on any atom is -0.379 e. The van der Waals surface area contributed by atoms with Crippen LogP contribution >= 0.6 is 0 Å². The molecule has 1 unspecified atom stereocenters. The fourth-order valence-corrected chi connectivity index (χ4v) is 3.03. The molecule has 21 heavy (non-hydrogen) atoms. The molecule has 0 radical (unpaired) electrons. The van der Waals surface area contributed by atoms with E-state index < -0.39 is 0 Å². The van der Waals surface area contributed by atoms with Gasteiger partial charge < -0.3 is 4.74 Å². The van der Waals surface area contributed by atoms with Crippen LogP contribution < -0.4 is 0 Å². The summed E-state index contributed by atoms with van der Waals surface area (Å²) in [5, 5.41) is 0. The predicted octanol–water partition coefficient (Wildman–Crippen LogP) is 7.28. The smallest absolute Gasteiger partial charge is 0.0575 e. The number of ether oxygens (including phenoxy) is 1. The molecule has 1 nitrogen and oxygen atoms in total. The highest BCUT2D eigenvalue weighted by Gasteiger charge is 2.07. The fourth-order valence-electron chi connectivity index (χ4n) is 3.03. The molecule has 0 saturated heterocycles. The van der Waals surface area contributed by atoms with Crippen LogP contribution in [0.2, 0.25) is 0 Å². The predicted molar refractivity (Wildman–Crippen MR) is 96.0 cm³/mol. The normalized spacial score (nSPS) is 12.7. The van der Waals surface area contributed by atoms with Gasteiger partial charge in [0.05, 0.1) is 6.10 Å². The van der Waals surface area contributed by atoms with Crippen molar-refractivity contribution < 1.29 is 4.74 Å². The van der Waals surface area contributed by atoms with Gasteiger partial charge in [0, 0.05) is 6.61 Å². The first kappa shape index (κ1) is 21.0. The summed E-state index contributed by atoms with van der Waals surface area (Å²) < 4.78 is 5.91. The molecule has 0 aliphatic carbocycles. The third-order valence-electron chi connectivity index (χ3n) is 4.41. The molecule has 0 N–H and O–H groups in total. The molecule has 0 rings (SSSR count). The quantitative estimate of drug-likeness (QED) is 0.256. The molecule has 0 aliphatic rings. The van der Waals surface area contributed by atoms with Gasteiger partial charge in [-0.1, -0.05) is 97.3 Å². The van der Waals surface area contributed by atoms with Crippen molar-refractivity contribution in [1.29, 1.82) is 0 Å². The molecule has 0 saturated carbocycles. The largest absolute Gasteiger partial charge is 0.379 e. The Balaban J connectivity index is 3.42. The molecule has 0 aromatic heterocycles. The molecular weight excluding hydrogens is 256 g/mol. The van der Waals surface area contributed by atoms with Crippen molar-refractivity contribution in [3.05, 3.63) is 0 Å². The highest BCUT2D eigenvalue weighted by molar-refractivity contribution is 4.60. The third-order valence-corrected chi connectivity index (χ3v) is 4.41. The monoisotopic (exact) mass is 298 g/mol. The van der Waals surface area contributed by atoms with Gasteiger partial charge >= 0.3 is 0 Å². The van der Waals surface area contributed by atoms with E-state index in [1.165, 1.54) is 96.3 Å². The number of hydrogen-bond acceptors (Lipinski definition) is 1. The van der Waals surface area contributed by atoms with E-state index in [4.69, 9.17) is 4.74 Å². The van der Waals surface area contributed by atoms with Gasteiger partial charge in [0.25, 0.3) is 0 Å². The van der Waals surface area contributed by atoms with Gasteiger partial charge in [-0.25, -0.2) is 0 Å². The first-order chi connectivity index (χ1) is 10.3. The summed E-state index contributed by atoms with van der Waals surface area (Å²) in [7, 11) is 0. The van der Waals surface area contributed by atoms with Gasteiger partial charge in [-0.3, -0.25) is 0 Å². The fraction of sp³-hybridized carbons (Fsp3) is 1.00. The lowest BCUT2D eigenvalue weighted by molar-refractivity contribution is 0.0470. The van der Waals surface area contributed by atoms with Gasteiger partial charge in [-0.15, -0.1) is 0 Å². The Hall–Kier alpha value is -0.0400. The lowest BCUT2D eigenvalue weighted by Gasteiger charge is -2.17. The van der Waals surface area contributed by atoms with Crippen LogP contribution in [-0.4, -0.2) is 12.7 Å². The molecule has 0 aromatic carbocycles. The summed E-state index contributed by atoms with van der Waals surface area (Å²) in [4.78, 5) is 0. The summed E-state index contributed by atoms with van der Waals surface area (Å²) in [6.45, 7) is 7.59. The van der Waals surface area contributed by atoms with Crippen molar-refractivity contribution in [2.24, 2.45) is 0 Å². The lowest BCUT2D eigenvalue weighted by Crippen LogP contribution is -2.12. The number of rotatable bonds is 17. The van der Waals surface area contributed by atoms with Crippen LogP contribution in [0.3, 0.4) is 0 Å². The van der Waals surface area contributed by atoms with Crippen molar-refractivity contribution in [2.45, 2.75) is 123 Å². The zero-order valence-corrected chi connectivity index (χ0v) is 15.3. The molecule has 0 fully saturated rings. The van der Waals surface area contributed by atoms with E-state index in [1.807, 2.05) is 0 Å². The van der Waals surface area contributed by atoms with Crippen LogP contribution in [0, 0.1) is 0 Å². The van der Waals surface area contributed by atoms with Crippen LogP contribution in [0.1, 0.15) is 117 Å². The average molecular weight is 299 g/mol. The Kier molecular flexibility index (Phi) is 18.0. The average Bonchev–Trinajstić information content (AvgIpc) is 2.49. The molecule has 0 heterocycles. The second kappa shape index (κ2) is 18.0. The molecule has 0 amide bonds. The maximum absolute atomic E-state index is 5.91. The summed E-state index contributed by atoms with van der Waals surface area (Å²) in [6, 6.07) is 0. The van der Waals surface area contributed by atoms with Crippen molar-refractivity contribution in [1.82, 2.24) is 0 Å². The molecular formula is C20H42O. The minimum atomic E-state index is 0.539. The van der Waals surface area contributed by atoms with Crippen molar-refractivity contribution in [3.8, 4) is 0 Å². The lowest BCUT2D eigenvalue weighted by atomic mass is 10.0. The van der Waals surface area contributed by atoms with Gasteiger partial charge in [0.1, 0.15) is 0 Å². The summed E-state index contributed by atoms with van der Waals surface area (Å²) in [5.74, 6) is 0. The second-order valence-corrected chi connectivity index (χ2v) is 6.54. The maximum atomic E-state index is 5.91. The molecule has 128 valence electrons. The topological polar surface area (TPSA) is 9.23 Å². The van der Waals surface area contributed by atoms with Crippen LogP contribution in [0.15, 0.2) is 0 Å². The van der Waals surface area contributed by atoms with Crippen LogP contribution in [0.4, 0.5) is 0 Å². The van der Waals surface area contributed by atoms with E-state index >= 15 is 0 Å². The highest BCUT2D eigenvalue weighted by atomic mass is 16.5. The zero-order chi connectivity index (χ0) is 15.6. The minimum absolute atomic E-state index is 0.539. The molecule has 0 spiro atoms. The molecule has 0 aromatic rings. The van der Waals surface area contributed by atoms with Crippen molar-refractivity contribution in [2.75, 3.05) is 6.61 Å². The van der Waals surface area contributed by atoms with E-state index in [0.29, 0.717) is 6.10 Å². The first-order valence-corrected chi connectivity index (χ1v) is 9.96. The molecule has 0 bridgehead atoms. The SMILES string of the molecule is CCCCCCCCCCC(CCCCCCC)OCC. The Labute approximate surface area is 135 Å². The van der Waals surface area contributed by atoms with E-state index in [2.05, 4.69) is 20.8 Å². The Morgan fingerprint density at radius 3 is 1.29 bits per heavy atom. The van der Waals surface area contributed by atoms with E-state index in [0.717, 1.165) is 6.61 Å². The first-order valence-electron chi connectivity index (χ1n) is 9.96. The summed E-state index contributed by atoms with van der Waals surface area (Å²) >= 11 is 0. The Morgan fingerprint density at radius 1 is 0.524 bits per heavy atom. The van der Waals surface area contributed by atoms with Crippen molar-refractivity contribution in [3.63, 3.8) is 0 Å². The van der Waals surface area contributed by atoms with Gasteiger partial charge in [-0.05, 0) is 19.8 Å².